The van der Waals surface area contributed by atoms with E-state index in [0.29, 0.717) is 33.8 Å². The fourth-order valence-electron chi connectivity index (χ4n) is 2.30. The van der Waals surface area contributed by atoms with Gasteiger partial charge in [-0.3, -0.25) is 5.10 Å². The number of H-pyrrole nitrogens is 1. The van der Waals surface area contributed by atoms with Crippen molar-refractivity contribution < 1.29 is 9.47 Å². The SMILES string of the molecule is CCCOc1c(Cl)cc(/C=N\n2c(C3CC3)n[nH]c2=S)cc1OC. The summed E-state index contributed by atoms with van der Waals surface area (Å²) in [6.07, 6.45) is 4.83. The van der Waals surface area contributed by atoms with Crippen molar-refractivity contribution in [3.8, 4) is 11.5 Å². The second-order valence-corrected chi connectivity index (χ2v) is 6.39. The van der Waals surface area contributed by atoms with Crippen LogP contribution in [0.5, 0.6) is 11.5 Å². The molecule has 3 rings (SSSR count). The van der Waals surface area contributed by atoms with Crippen molar-refractivity contribution in [1.82, 2.24) is 14.9 Å². The van der Waals surface area contributed by atoms with Crippen LogP contribution in [0.3, 0.4) is 0 Å². The van der Waals surface area contributed by atoms with Gasteiger partial charge in [0.05, 0.1) is 25.0 Å². The number of benzene rings is 1. The molecule has 2 aromatic rings. The third-order valence-electron chi connectivity index (χ3n) is 3.64. The number of ether oxygens (including phenoxy) is 2. The summed E-state index contributed by atoms with van der Waals surface area (Å²) in [5, 5.41) is 12.0. The second kappa shape index (κ2) is 7.36. The van der Waals surface area contributed by atoms with E-state index in [2.05, 4.69) is 15.3 Å². The smallest absolute Gasteiger partial charge is 0.216 e. The molecule has 6 nitrogen and oxygen atoms in total. The zero-order chi connectivity index (χ0) is 17.1. The number of nitrogens with zero attached hydrogens (tertiary/aromatic N) is 3. The molecular weight excluding hydrogens is 348 g/mol. The van der Waals surface area contributed by atoms with Crippen LogP contribution in [0.1, 0.15) is 43.5 Å². The molecule has 0 spiro atoms. The van der Waals surface area contributed by atoms with Crippen LogP contribution < -0.4 is 9.47 Å². The summed E-state index contributed by atoms with van der Waals surface area (Å²) in [5.74, 6) is 2.45. The van der Waals surface area contributed by atoms with Gasteiger partial charge in [-0.2, -0.15) is 14.9 Å². The van der Waals surface area contributed by atoms with Crippen LogP contribution in [-0.2, 0) is 0 Å². The van der Waals surface area contributed by atoms with E-state index in [9.17, 15) is 0 Å². The van der Waals surface area contributed by atoms with Crippen molar-refractivity contribution in [3.63, 3.8) is 0 Å². The van der Waals surface area contributed by atoms with Gasteiger partial charge in [-0.1, -0.05) is 18.5 Å². The normalized spacial score (nSPS) is 14.3. The Balaban J connectivity index is 1.89. The third-order valence-corrected chi connectivity index (χ3v) is 4.19. The Hall–Kier alpha value is -1.86. The first kappa shape index (κ1) is 17.0. The van der Waals surface area contributed by atoms with Gasteiger partial charge in [0.1, 0.15) is 0 Å². The van der Waals surface area contributed by atoms with Crippen LogP contribution in [0.15, 0.2) is 17.2 Å². The molecule has 128 valence electrons. The Bertz CT molecular complexity index is 811. The molecule has 1 heterocycles. The minimum absolute atomic E-state index is 0.443. The molecule has 0 atom stereocenters. The van der Waals surface area contributed by atoms with Crippen LogP contribution in [0, 0.1) is 4.77 Å². The number of rotatable bonds is 7. The minimum atomic E-state index is 0.443. The highest BCUT2D eigenvalue weighted by Gasteiger charge is 2.29. The average Bonchev–Trinajstić information content (AvgIpc) is 3.35. The minimum Gasteiger partial charge on any atom is -0.493 e. The maximum atomic E-state index is 6.32. The van der Waals surface area contributed by atoms with Crippen LogP contribution >= 0.6 is 23.8 Å². The summed E-state index contributed by atoms with van der Waals surface area (Å²) < 4.78 is 13.2. The van der Waals surface area contributed by atoms with E-state index in [0.717, 1.165) is 30.7 Å². The molecule has 0 bridgehead atoms. The van der Waals surface area contributed by atoms with Crippen LogP contribution in [-0.4, -0.2) is 34.8 Å². The maximum Gasteiger partial charge on any atom is 0.216 e. The number of hydrogen-bond acceptors (Lipinski definition) is 5. The Morgan fingerprint density at radius 2 is 2.29 bits per heavy atom. The topological polar surface area (TPSA) is 64.4 Å². The first-order valence-corrected chi connectivity index (χ1v) is 8.64. The Kier molecular flexibility index (Phi) is 5.20. The van der Waals surface area contributed by atoms with Gasteiger partial charge in [0.15, 0.2) is 17.3 Å². The molecule has 0 saturated heterocycles. The van der Waals surface area contributed by atoms with Crippen LogP contribution in [0.4, 0.5) is 0 Å². The molecule has 1 N–H and O–H groups in total. The molecule has 1 aliphatic carbocycles. The van der Waals surface area contributed by atoms with E-state index in [1.807, 2.05) is 13.0 Å². The molecule has 24 heavy (non-hydrogen) atoms. The summed E-state index contributed by atoms with van der Waals surface area (Å²) in [4.78, 5) is 0. The number of halogens is 1. The molecule has 0 amide bonds. The molecular formula is C16H19ClN4O2S. The number of aromatic nitrogens is 3. The van der Waals surface area contributed by atoms with Gasteiger partial charge in [-0.05, 0) is 49.2 Å². The molecule has 0 unspecified atom stereocenters. The van der Waals surface area contributed by atoms with E-state index in [-0.39, 0.29) is 0 Å². The summed E-state index contributed by atoms with van der Waals surface area (Å²) >= 11 is 11.6. The molecule has 1 aromatic heterocycles. The lowest BCUT2D eigenvalue weighted by molar-refractivity contribution is 0.294. The van der Waals surface area contributed by atoms with E-state index < -0.39 is 0 Å². The summed E-state index contributed by atoms with van der Waals surface area (Å²) in [6.45, 7) is 2.62. The Morgan fingerprint density at radius 1 is 1.50 bits per heavy atom. The van der Waals surface area contributed by atoms with Crippen molar-refractivity contribution in [2.24, 2.45) is 5.10 Å². The molecule has 1 aromatic carbocycles. The van der Waals surface area contributed by atoms with Crippen molar-refractivity contribution in [3.05, 3.63) is 33.3 Å². The van der Waals surface area contributed by atoms with Crippen molar-refractivity contribution in [2.75, 3.05) is 13.7 Å². The van der Waals surface area contributed by atoms with Crippen molar-refractivity contribution in [2.45, 2.75) is 32.1 Å². The van der Waals surface area contributed by atoms with E-state index in [1.54, 1.807) is 24.1 Å². The third kappa shape index (κ3) is 3.62. The van der Waals surface area contributed by atoms with Crippen LogP contribution in [0.2, 0.25) is 5.02 Å². The monoisotopic (exact) mass is 366 g/mol. The molecule has 0 aliphatic heterocycles. The first-order chi connectivity index (χ1) is 11.6. The van der Waals surface area contributed by atoms with Crippen molar-refractivity contribution >= 4 is 30.0 Å². The maximum absolute atomic E-state index is 6.32. The fraction of sp³-hybridized carbons (Fsp3) is 0.438. The lowest BCUT2D eigenvalue weighted by atomic mass is 10.2. The van der Waals surface area contributed by atoms with E-state index in [1.165, 1.54) is 0 Å². The van der Waals surface area contributed by atoms with Crippen LogP contribution in [0.25, 0.3) is 0 Å². The highest BCUT2D eigenvalue weighted by atomic mass is 35.5. The zero-order valence-electron chi connectivity index (χ0n) is 13.6. The first-order valence-electron chi connectivity index (χ1n) is 7.86. The Labute approximate surface area is 150 Å². The summed E-state index contributed by atoms with van der Waals surface area (Å²) in [7, 11) is 1.59. The zero-order valence-corrected chi connectivity index (χ0v) is 15.2. The number of nitrogens with one attached hydrogen (secondary N) is 1. The number of hydrogen-bond donors (Lipinski definition) is 1. The van der Waals surface area contributed by atoms with Gasteiger partial charge in [-0.25, -0.2) is 0 Å². The molecule has 1 aliphatic rings. The summed E-state index contributed by atoms with van der Waals surface area (Å²) in [5.41, 5.74) is 0.797. The largest absolute Gasteiger partial charge is 0.493 e. The van der Waals surface area contributed by atoms with Gasteiger partial charge in [0, 0.05) is 5.92 Å². The molecule has 8 heteroatoms. The highest BCUT2D eigenvalue weighted by Crippen LogP contribution is 2.39. The van der Waals surface area contributed by atoms with Gasteiger partial charge >= 0.3 is 0 Å². The predicted molar refractivity (Wildman–Crippen MR) is 96.2 cm³/mol. The van der Waals surface area contributed by atoms with Gasteiger partial charge < -0.3 is 9.47 Å². The average molecular weight is 367 g/mol. The number of aromatic amines is 1. The molecule has 1 saturated carbocycles. The van der Waals surface area contributed by atoms with Gasteiger partial charge in [-0.15, -0.1) is 0 Å². The Morgan fingerprint density at radius 3 is 2.96 bits per heavy atom. The molecule has 0 radical (unpaired) electrons. The van der Waals surface area contributed by atoms with Gasteiger partial charge in [0.2, 0.25) is 4.77 Å². The van der Waals surface area contributed by atoms with Gasteiger partial charge in [0.25, 0.3) is 0 Å². The van der Waals surface area contributed by atoms with Crippen molar-refractivity contribution in [1.29, 1.82) is 0 Å². The standard InChI is InChI=1S/C16H19ClN4O2S/c1-3-6-23-14-12(17)7-10(8-13(14)22-2)9-18-21-15(11-4-5-11)19-20-16(21)24/h7-9,11H,3-6H2,1-2H3,(H,20,24)/b18-9-. The summed E-state index contributed by atoms with van der Waals surface area (Å²) in [6, 6.07) is 3.62. The highest BCUT2D eigenvalue weighted by molar-refractivity contribution is 7.71. The number of methoxy groups -OCH3 is 1. The van der Waals surface area contributed by atoms with E-state index in [4.69, 9.17) is 33.3 Å². The van der Waals surface area contributed by atoms with E-state index >= 15 is 0 Å². The lowest BCUT2D eigenvalue weighted by Gasteiger charge is -2.12. The predicted octanol–water partition coefficient (Wildman–Crippen LogP) is 4.15. The lowest BCUT2D eigenvalue weighted by Crippen LogP contribution is -2.00. The molecule has 1 fully saturated rings. The fourth-order valence-corrected chi connectivity index (χ4v) is 2.76. The quantitative estimate of drug-likeness (QED) is 0.590. The second-order valence-electron chi connectivity index (χ2n) is 5.60.